The minimum Gasteiger partial charge on any atom is -0.368 e. The molecule has 0 atom stereocenters. The van der Waals surface area contributed by atoms with Crippen LogP contribution in [0.1, 0.15) is 11.1 Å². The third-order valence-electron chi connectivity index (χ3n) is 4.83. The molecule has 0 saturated heterocycles. The van der Waals surface area contributed by atoms with Gasteiger partial charge in [-0.1, -0.05) is 6.07 Å². The van der Waals surface area contributed by atoms with Gasteiger partial charge in [0.25, 0.3) is 0 Å². The number of benzene rings is 1. The first-order valence-corrected chi connectivity index (χ1v) is 10.9. The van der Waals surface area contributed by atoms with Crippen LogP contribution in [-0.2, 0) is 17.8 Å². The monoisotopic (exact) mass is 450 g/mol. The highest BCUT2D eigenvalue weighted by Gasteiger charge is 2.15. The van der Waals surface area contributed by atoms with E-state index in [1.807, 2.05) is 41.1 Å². The fourth-order valence-corrected chi connectivity index (χ4v) is 3.98. The van der Waals surface area contributed by atoms with Crippen molar-refractivity contribution in [3.63, 3.8) is 0 Å². The van der Waals surface area contributed by atoms with E-state index in [1.165, 1.54) is 12.1 Å². The molecule has 0 bridgehead atoms. The molecule has 0 aliphatic heterocycles. The summed E-state index contributed by atoms with van der Waals surface area (Å²) < 4.78 is 27.0. The van der Waals surface area contributed by atoms with Crippen LogP contribution < -0.4 is 10.2 Å². The molecule has 162 valence electrons. The highest BCUT2D eigenvalue weighted by molar-refractivity contribution is 7.08. The Morgan fingerprint density at radius 1 is 1.06 bits per heavy atom. The Labute approximate surface area is 188 Å². The summed E-state index contributed by atoms with van der Waals surface area (Å²) in [5.41, 5.74) is 3.76. The quantitative estimate of drug-likeness (QED) is 0.352. The molecule has 3 aromatic heterocycles. The standard InChI is InChI=1S/C24H20F2N4OS/c25-20-10-17(11-21(26)12-20)5-8-28-24-23(4-3-22(29-24)19-6-9-32-15-19)30(16-31)14-18-2-1-7-27-13-18/h1-4,6-7,9-13,15-16H,5,8,14H2,(H,28,29). The van der Waals surface area contributed by atoms with Crippen molar-refractivity contribution in [1.82, 2.24) is 9.97 Å². The van der Waals surface area contributed by atoms with Crippen molar-refractivity contribution in [2.45, 2.75) is 13.0 Å². The summed E-state index contributed by atoms with van der Waals surface area (Å²) in [7, 11) is 0. The molecular weight excluding hydrogens is 430 g/mol. The average molecular weight is 451 g/mol. The number of aromatic nitrogens is 2. The second-order valence-corrected chi connectivity index (χ2v) is 7.91. The molecule has 4 rings (SSSR count). The van der Waals surface area contributed by atoms with Crippen LogP contribution in [0.4, 0.5) is 20.3 Å². The SMILES string of the molecule is O=CN(Cc1cccnc1)c1ccc(-c2ccsc2)nc1NCCc1cc(F)cc(F)c1. The van der Waals surface area contributed by atoms with E-state index < -0.39 is 11.6 Å². The van der Waals surface area contributed by atoms with E-state index in [4.69, 9.17) is 4.98 Å². The zero-order valence-electron chi connectivity index (χ0n) is 17.0. The first-order chi connectivity index (χ1) is 15.6. The summed E-state index contributed by atoms with van der Waals surface area (Å²) in [6.45, 7) is 0.718. The Bertz CT molecular complexity index is 1170. The number of thiophene rings is 1. The van der Waals surface area contributed by atoms with E-state index in [0.717, 1.165) is 29.3 Å². The van der Waals surface area contributed by atoms with E-state index in [2.05, 4.69) is 10.3 Å². The lowest BCUT2D eigenvalue weighted by molar-refractivity contribution is -0.107. The second kappa shape index (κ2) is 10.1. The van der Waals surface area contributed by atoms with Gasteiger partial charge in [0, 0.05) is 35.9 Å². The molecule has 8 heteroatoms. The summed E-state index contributed by atoms with van der Waals surface area (Å²) in [4.78, 5) is 22.3. The highest BCUT2D eigenvalue weighted by Crippen LogP contribution is 2.29. The number of amides is 1. The Morgan fingerprint density at radius 2 is 1.91 bits per heavy atom. The van der Waals surface area contributed by atoms with Gasteiger partial charge < -0.3 is 10.2 Å². The predicted octanol–water partition coefficient (Wildman–Crippen LogP) is 5.30. The maximum absolute atomic E-state index is 13.5. The first kappa shape index (κ1) is 21.6. The molecule has 3 heterocycles. The lowest BCUT2D eigenvalue weighted by Crippen LogP contribution is -2.23. The highest BCUT2D eigenvalue weighted by atomic mass is 32.1. The number of hydrogen-bond acceptors (Lipinski definition) is 5. The van der Waals surface area contributed by atoms with Crippen LogP contribution in [0.15, 0.2) is 71.7 Å². The number of rotatable bonds is 9. The lowest BCUT2D eigenvalue weighted by atomic mass is 10.1. The predicted molar refractivity (Wildman–Crippen MR) is 123 cm³/mol. The number of nitrogens with zero attached hydrogens (tertiary/aromatic N) is 3. The van der Waals surface area contributed by atoms with E-state index in [9.17, 15) is 13.6 Å². The van der Waals surface area contributed by atoms with E-state index in [0.29, 0.717) is 36.6 Å². The van der Waals surface area contributed by atoms with Gasteiger partial charge in [0.15, 0.2) is 5.82 Å². The van der Waals surface area contributed by atoms with Crippen LogP contribution in [-0.4, -0.2) is 22.9 Å². The summed E-state index contributed by atoms with van der Waals surface area (Å²) in [6.07, 6.45) is 4.52. The average Bonchev–Trinajstić information content (AvgIpc) is 3.33. The fourth-order valence-electron chi connectivity index (χ4n) is 3.33. The Hall–Kier alpha value is -3.65. The summed E-state index contributed by atoms with van der Waals surface area (Å²) >= 11 is 1.57. The molecule has 5 nitrogen and oxygen atoms in total. The molecule has 0 aliphatic carbocycles. The van der Waals surface area contributed by atoms with Gasteiger partial charge in [-0.15, -0.1) is 0 Å². The first-order valence-electron chi connectivity index (χ1n) is 9.95. The topological polar surface area (TPSA) is 58.1 Å². The molecule has 1 amide bonds. The number of carbonyl (C=O) groups is 1. The normalized spacial score (nSPS) is 10.7. The molecule has 0 unspecified atom stereocenters. The second-order valence-electron chi connectivity index (χ2n) is 7.13. The molecule has 0 radical (unpaired) electrons. The molecule has 0 aliphatic rings. The van der Waals surface area contributed by atoms with Gasteiger partial charge in [-0.3, -0.25) is 9.78 Å². The van der Waals surface area contributed by atoms with E-state index in [1.54, 1.807) is 28.6 Å². The molecule has 1 aromatic carbocycles. The van der Waals surface area contributed by atoms with Crippen LogP contribution in [0.2, 0.25) is 0 Å². The lowest BCUT2D eigenvalue weighted by Gasteiger charge is -2.21. The smallest absolute Gasteiger partial charge is 0.214 e. The Morgan fingerprint density at radius 3 is 2.59 bits per heavy atom. The maximum atomic E-state index is 13.5. The van der Waals surface area contributed by atoms with E-state index >= 15 is 0 Å². The summed E-state index contributed by atoms with van der Waals surface area (Å²) in [5.74, 6) is -0.703. The fraction of sp³-hybridized carbons (Fsp3) is 0.125. The van der Waals surface area contributed by atoms with Crippen molar-refractivity contribution in [3.8, 4) is 11.3 Å². The van der Waals surface area contributed by atoms with Crippen LogP contribution in [0, 0.1) is 11.6 Å². The van der Waals surface area contributed by atoms with Crippen molar-refractivity contribution >= 4 is 29.3 Å². The largest absolute Gasteiger partial charge is 0.368 e. The van der Waals surface area contributed by atoms with Gasteiger partial charge in [0.2, 0.25) is 6.41 Å². The van der Waals surface area contributed by atoms with Crippen molar-refractivity contribution in [2.24, 2.45) is 0 Å². The van der Waals surface area contributed by atoms with Crippen molar-refractivity contribution < 1.29 is 13.6 Å². The number of hydrogen-bond donors (Lipinski definition) is 1. The molecule has 32 heavy (non-hydrogen) atoms. The third-order valence-corrected chi connectivity index (χ3v) is 5.51. The Balaban J connectivity index is 1.59. The van der Waals surface area contributed by atoms with Crippen molar-refractivity contribution in [2.75, 3.05) is 16.8 Å². The molecule has 4 aromatic rings. The summed E-state index contributed by atoms with van der Waals surface area (Å²) in [5, 5.41) is 7.20. The van der Waals surface area contributed by atoms with Crippen LogP contribution in [0.5, 0.6) is 0 Å². The van der Waals surface area contributed by atoms with Crippen LogP contribution >= 0.6 is 11.3 Å². The summed E-state index contributed by atoms with van der Waals surface area (Å²) in [6, 6.07) is 12.8. The van der Waals surface area contributed by atoms with Gasteiger partial charge in [0.1, 0.15) is 11.6 Å². The maximum Gasteiger partial charge on any atom is 0.214 e. The van der Waals surface area contributed by atoms with Crippen LogP contribution in [0.25, 0.3) is 11.3 Å². The Kier molecular flexibility index (Phi) is 6.81. The number of carbonyl (C=O) groups excluding carboxylic acids is 1. The van der Waals surface area contributed by atoms with Gasteiger partial charge >= 0.3 is 0 Å². The van der Waals surface area contributed by atoms with Gasteiger partial charge in [0.05, 0.1) is 17.9 Å². The molecule has 0 fully saturated rings. The number of anilines is 2. The number of halogens is 2. The van der Waals surface area contributed by atoms with Gasteiger partial charge in [-0.25, -0.2) is 13.8 Å². The van der Waals surface area contributed by atoms with Crippen LogP contribution in [0.3, 0.4) is 0 Å². The van der Waals surface area contributed by atoms with E-state index in [-0.39, 0.29) is 0 Å². The minimum atomic E-state index is -0.609. The van der Waals surface area contributed by atoms with Gasteiger partial charge in [-0.2, -0.15) is 11.3 Å². The van der Waals surface area contributed by atoms with Crippen molar-refractivity contribution in [3.05, 3.63) is 94.4 Å². The molecule has 0 spiro atoms. The molecular formula is C24H20F2N4OS. The zero-order valence-corrected chi connectivity index (χ0v) is 17.9. The third kappa shape index (κ3) is 5.33. The number of nitrogens with one attached hydrogen (secondary N) is 1. The van der Waals surface area contributed by atoms with Gasteiger partial charge in [-0.05, 0) is 59.3 Å². The minimum absolute atomic E-state index is 0.334. The molecule has 1 N–H and O–H groups in total. The number of pyridine rings is 2. The van der Waals surface area contributed by atoms with Crippen molar-refractivity contribution in [1.29, 1.82) is 0 Å². The molecule has 0 saturated carbocycles. The zero-order chi connectivity index (χ0) is 22.3.